The highest BCUT2D eigenvalue weighted by atomic mass is 32.1. The molecular weight excluding hydrogens is 854 g/mol. The third kappa shape index (κ3) is 10.8. The molecule has 18 heteroatoms. The minimum atomic E-state index is -0.635. The first kappa shape index (κ1) is 46.0. The van der Waals surface area contributed by atoms with Crippen LogP contribution in [0.1, 0.15) is 75.0 Å². The van der Waals surface area contributed by atoms with E-state index in [1.807, 2.05) is 24.4 Å². The van der Waals surface area contributed by atoms with Crippen molar-refractivity contribution in [3.8, 4) is 11.6 Å². The summed E-state index contributed by atoms with van der Waals surface area (Å²) in [6, 6.07) is 10.1. The van der Waals surface area contributed by atoms with E-state index in [1.54, 1.807) is 71.1 Å². The van der Waals surface area contributed by atoms with Gasteiger partial charge in [0, 0.05) is 69.0 Å². The fraction of sp³-hybridized carbons (Fsp3) is 0.532. The number of hydrogen-bond acceptors (Lipinski definition) is 12. The molecule has 1 aliphatic carbocycles. The second-order valence-corrected chi connectivity index (χ2v) is 18.6. The van der Waals surface area contributed by atoms with E-state index in [0.29, 0.717) is 35.6 Å². The highest BCUT2D eigenvalue weighted by Gasteiger charge is 2.39. The van der Waals surface area contributed by atoms with E-state index in [4.69, 9.17) is 14.0 Å². The first-order valence-electron chi connectivity index (χ1n) is 22.9. The van der Waals surface area contributed by atoms with Crippen molar-refractivity contribution >= 4 is 56.1 Å². The molecule has 16 nitrogen and oxygen atoms in total. The molecule has 0 spiro atoms. The maximum atomic E-state index is 14.5. The number of ether oxygens (including phenoxy) is 2. The fourth-order valence-corrected chi connectivity index (χ4v) is 10.1. The second kappa shape index (κ2) is 20.7. The molecule has 0 bridgehead atoms. The molecular formula is C47H60FN9O7S. The zero-order valence-electron chi connectivity index (χ0n) is 37.7. The number of pyridine rings is 1. The van der Waals surface area contributed by atoms with E-state index in [1.165, 1.54) is 17.0 Å². The first-order chi connectivity index (χ1) is 31.4. The quantitative estimate of drug-likeness (QED) is 0.132. The molecule has 2 N–H and O–H groups in total. The Hall–Kier alpha value is -5.59. The summed E-state index contributed by atoms with van der Waals surface area (Å²) in [5.74, 6) is 0.567. The maximum absolute atomic E-state index is 14.5. The summed E-state index contributed by atoms with van der Waals surface area (Å²) in [6.45, 7) is 7.02. The topological polar surface area (TPSA) is 168 Å². The van der Waals surface area contributed by atoms with Crippen molar-refractivity contribution in [2.24, 2.45) is 5.92 Å². The number of halogens is 1. The van der Waals surface area contributed by atoms with E-state index in [0.717, 1.165) is 74.0 Å². The molecule has 2 aliphatic heterocycles. The number of thiophene rings is 1. The monoisotopic (exact) mass is 913 g/mol. The number of likely N-dealkylation sites (N-methyl/N-ethyl adjacent to an activating group) is 2. The van der Waals surface area contributed by atoms with E-state index in [9.17, 15) is 23.6 Å². The molecule has 1 unspecified atom stereocenters. The van der Waals surface area contributed by atoms with Gasteiger partial charge in [-0.05, 0) is 99.4 Å². The summed E-state index contributed by atoms with van der Waals surface area (Å²) >= 11 is 1.64. The van der Waals surface area contributed by atoms with Gasteiger partial charge in [0.2, 0.25) is 17.7 Å². The Balaban J connectivity index is 0.838. The zero-order valence-corrected chi connectivity index (χ0v) is 38.5. The van der Waals surface area contributed by atoms with Crippen LogP contribution in [0.3, 0.4) is 0 Å². The van der Waals surface area contributed by atoms with Crippen molar-refractivity contribution in [1.82, 2.24) is 44.9 Å². The first-order valence-corrected chi connectivity index (χ1v) is 23.7. The number of aromatic nitrogens is 3. The van der Waals surface area contributed by atoms with Crippen LogP contribution in [0.5, 0.6) is 11.6 Å². The van der Waals surface area contributed by atoms with Gasteiger partial charge >= 0.3 is 0 Å². The molecule has 8 rings (SSSR count). The SMILES string of the molecule is CN[C@@H](C)C(=O)NC(C(=O)N1CCN(C(=O)c2cc3cc(F)ccc3n2CC(=O)N(C)CCOc2cc(CN3CCC(Oc4ccnc5ccsc45)CC3)on2)[C@@H](C)C1)C1CCCCC1. The molecule has 4 aromatic heterocycles. The minimum absolute atomic E-state index is 0.0516. The average Bonchev–Trinajstić information content (AvgIpc) is 4.07. The van der Waals surface area contributed by atoms with Gasteiger partial charge in [-0.1, -0.05) is 19.3 Å². The number of hydrogen-bond donors (Lipinski definition) is 2. The van der Waals surface area contributed by atoms with Crippen molar-refractivity contribution in [2.45, 2.75) is 96.1 Å². The summed E-state index contributed by atoms with van der Waals surface area (Å²) in [4.78, 5) is 66.9. The number of piperidine rings is 1. The standard InChI is InChI=1S/C47H60FN9O7S/c1-30-27-55(47(61)43(32-8-6-5-7-9-32)51-45(59)31(2)49-3)19-20-56(30)46(60)39-25-33-24-34(48)10-11-38(33)57(39)29-42(58)53(4)21-22-62-41-26-36(64-52-41)28-54-17-13-35(14-18-54)63-40-12-16-50-37-15-23-65-44(37)40/h10-12,15-16,23-26,30-32,35,43,49H,5-9,13-14,17-22,27-29H2,1-4H3,(H,51,59)/t30-,31-,43?/m0/s1. The Morgan fingerprint density at radius 3 is 2.58 bits per heavy atom. The zero-order chi connectivity index (χ0) is 45.6. The predicted molar refractivity (Wildman–Crippen MR) is 244 cm³/mol. The van der Waals surface area contributed by atoms with E-state index in [2.05, 4.69) is 25.7 Å². The highest BCUT2D eigenvalue weighted by molar-refractivity contribution is 7.17. The van der Waals surface area contributed by atoms with Crippen LogP contribution < -0.4 is 20.1 Å². The Morgan fingerprint density at radius 1 is 1.02 bits per heavy atom. The van der Waals surface area contributed by atoms with Crippen molar-refractivity contribution in [3.63, 3.8) is 0 Å². The molecule has 5 aromatic rings. The molecule has 3 fully saturated rings. The van der Waals surface area contributed by atoms with Crippen molar-refractivity contribution in [1.29, 1.82) is 0 Å². The van der Waals surface area contributed by atoms with Gasteiger partial charge in [0.25, 0.3) is 11.8 Å². The van der Waals surface area contributed by atoms with Crippen LogP contribution in [0.25, 0.3) is 21.1 Å². The predicted octanol–water partition coefficient (Wildman–Crippen LogP) is 5.30. The maximum Gasteiger partial charge on any atom is 0.270 e. The van der Waals surface area contributed by atoms with Gasteiger partial charge in [-0.25, -0.2) is 4.39 Å². The third-order valence-electron chi connectivity index (χ3n) is 13.2. The minimum Gasteiger partial charge on any atom is -0.489 e. The van der Waals surface area contributed by atoms with Crippen molar-refractivity contribution in [3.05, 3.63) is 71.3 Å². The molecule has 65 heavy (non-hydrogen) atoms. The van der Waals surface area contributed by atoms with Crippen LogP contribution in [-0.4, -0.2) is 142 Å². The highest BCUT2D eigenvalue weighted by Crippen LogP contribution is 2.32. The Labute approximate surface area is 382 Å². The Kier molecular flexibility index (Phi) is 14.6. The number of carbonyl (C=O) groups excluding carboxylic acids is 4. The molecule has 1 saturated carbocycles. The number of piperazine rings is 1. The molecule has 2 saturated heterocycles. The summed E-state index contributed by atoms with van der Waals surface area (Å²) in [5.41, 5.74) is 1.76. The molecule has 1 aromatic carbocycles. The fourth-order valence-electron chi connectivity index (χ4n) is 9.28. The van der Waals surface area contributed by atoms with Crippen molar-refractivity contribution in [2.75, 3.05) is 60.0 Å². The van der Waals surface area contributed by atoms with Gasteiger partial charge in [0.05, 0.1) is 29.3 Å². The van der Waals surface area contributed by atoms with Crippen LogP contribution in [0, 0.1) is 11.7 Å². The number of rotatable bonds is 16. The second-order valence-electron chi connectivity index (χ2n) is 17.7. The summed E-state index contributed by atoms with van der Waals surface area (Å²) in [5, 5.41) is 12.6. The summed E-state index contributed by atoms with van der Waals surface area (Å²) < 4.78 is 35.0. The number of nitrogens with one attached hydrogen (secondary N) is 2. The number of likely N-dealkylation sites (tertiary alicyclic amines) is 1. The van der Waals surface area contributed by atoms with Gasteiger partial charge in [-0.15, -0.1) is 11.3 Å². The van der Waals surface area contributed by atoms with Crippen LogP contribution in [-0.2, 0) is 27.5 Å². The lowest BCUT2D eigenvalue weighted by molar-refractivity contribution is -0.140. The third-order valence-corrected chi connectivity index (χ3v) is 14.2. The van der Waals surface area contributed by atoms with Crippen LogP contribution >= 0.6 is 11.3 Å². The number of amides is 4. The van der Waals surface area contributed by atoms with E-state index >= 15 is 0 Å². The smallest absolute Gasteiger partial charge is 0.270 e. The molecule has 0 radical (unpaired) electrons. The number of carbonyl (C=O) groups is 4. The normalized spacial score (nSPS) is 18.8. The number of benzene rings is 1. The molecule has 6 heterocycles. The molecule has 3 atom stereocenters. The summed E-state index contributed by atoms with van der Waals surface area (Å²) in [7, 11) is 3.38. The van der Waals surface area contributed by atoms with Crippen molar-refractivity contribution < 1.29 is 37.6 Å². The van der Waals surface area contributed by atoms with Gasteiger partial charge in [0.1, 0.15) is 42.6 Å². The van der Waals surface area contributed by atoms with Gasteiger partial charge < -0.3 is 43.9 Å². The number of fused-ring (bicyclic) bond motifs is 2. The van der Waals surface area contributed by atoms with Gasteiger partial charge in [-0.2, -0.15) is 0 Å². The number of nitrogens with zero attached hydrogens (tertiary/aromatic N) is 7. The van der Waals surface area contributed by atoms with Gasteiger partial charge in [0.15, 0.2) is 5.76 Å². The molecule has 3 aliphatic rings. The van der Waals surface area contributed by atoms with E-state index < -0.39 is 17.9 Å². The van der Waals surface area contributed by atoms with Crippen LogP contribution in [0.2, 0.25) is 0 Å². The average molecular weight is 914 g/mol. The van der Waals surface area contributed by atoms with E-state index in [-0.39, 0.29) is 80.2 Å². The summed E-state index contributed by atoms with van der Waals surface area (Å²) in [6.07, 6.45) is 8.59. The largest absolute Gasteiger partial charge is 0.489 e. The van der Waals surface area contributed by atoms with Crippen LogP contribution in [0.15, 0.2) is 58.6 Å². The Morgan fingerprint density at radius 2 is 1.82 bits per heavy atom. The molecule has 348 valence electrons. The Bertz CT molecular complexity index is 2460. The lowest BCUT2D eigenvalue weighted by Gasteiger charge is -2.42. The molecule has 4 amide bonds. The lowest BCUT2D eigenvalue weighted by atomic mass is 9.83. The van der Waals surface area contributed by atoms with Gasteiger partial charge in [-0.3, -0.25) is 29.1 Å². The van der Waals surface area contributed by atoms with Crippen LogP contribution in [0.4, 0.5) is 4.39 Å². The lowest BCUT2D eigenvalue weighted by Crippen LogP contribution is -2.61.